The number of hydrogen-bond donors (Lipinski definition) is 3. The zero-order valence-electron chi connectivity index (χ0n) is 29.6. The van der Waals surface area contributed by atoms with Crippen molar-refractivity contribution in [3.05, 3.63) is 71.1 Å². The van der Waals surface area contributed by atoms with E-state index in [0.29, 0.717) is 11.3 Å². The number of halogens is 8. The third-order valence-electron chi connectivity index (χ3n) is 10.3. The third kappa shape index (κ3) is 7.14. The van der Waals surface area contributed by atoms with Gasteiger partial charge in [0.2, 0.25) is 0 Å². The molecule has 3 fully saturated rings. The van der Waals surface area contributed by atoms with Gasteiger partial charge < -0.3 is 15.4 Å². The number of alkyl carbamates (subject to hydrolysis) is 1. The highest BCUT2D eigenvalue weighted by molar-refractivity contribution is 6.33. The van der Waals surface area contributed by atoms with Gasteiger partial charge in [0.25, 0.3) is 12.3 Å². The first-order valence-electron chi connectivity index (χ1n) is 17.4. The van der Waals surface area contributed by atoms with Crippen LogP contribution >= 0.6 is 11.6 Å². The third-order valence-corrected chi connectivity index (χ3v) is 10.6. The van der Waals surface area contributed by atoms with Crippen LogP contribution in [-0.4, -0.2) is 77.4 Å². The molecular weight excluding hydrogens is 777 g/mol. The maximum atomic E-state index is 14.9. The molecule has 2 aromatic heterocycles. The van der Waals surface area contributed by atoms with Crippen LogP contribution in [0.25, 0.3) is 22.6 Å². The lowest BCUT2D eigenvalue weighted by atomic mass is 9.74. The SMILES string of the molecule is CC(C)(CC1(c2ccc(-c3cnn(C4CC4)n3)cc2)NC(=N)N(C(COC(=O)NC2(C(F)F)CC2)c2ccc(Cl)c(-c3ncnn3C(F)F)c2)C1=O)C(F)(F)F. The van der Waals surface area contributed by atoms with E-state index < -0.39 is 78.5 Å². The van der Waals surface area contributed by atoms with E-state index in [1.54, 1.807) is 23.1 Å². The lowest BCUT2D eigenvalue weighted by Crippen LogP contribution is -2.50. The largest absolute Gasteiger partial charge is 0.447 e. The Morgan fingerprint density at radius 1 is 1.09 bits per heavy atom. The van der Waals surface area contributed by atoms with Crippen LogP contribution in [0.3, 0.4) is 0 Å². The molecule has 13 nitrogen and oxygen atoms in total. The van der Waals surface area contributed by atoms with Crippen LogP contribution in [0.15, 0.2) is 55.0 Å². The average Bonchev–Trinajstić information content (AvgIpc) is 4.00. The number of hydrogen-bond acceptors (Lipinski definition) is 8. The number of benzene rings is 2. The Bertz CT molecular complexity index is 2150. The Labute approximate surface area is 319 Å². The molecule has 1 saturated heterocycles. The van der Waals surface area contributed by atoms with Crippen molar-refractivity contribution < 1.29 is 45.1 Å². The first kappa shape index (κ1) is 39.0. The summed E-state index contributed by atoms with van der Waals surface area (Å²) < 4.78 is 104. The van der Waals surface area contributed by atoms with E-state index in [9.17, 15) is 40.3 Å². The molecule has 3 N–H and O–H groups in total. The summed E-state index contributed by atoms with van der Waals surface area (Å²) in [6, 6.07) is 8.46. The molecule has 2 unspecified atom stereocenters. The molecule has 298 valence electrons. The molecule has 0 bridgehead atoms. The Morgan fingerprint density at radius 3 is 2.39 bits per heavy atom. The molecule has 56 heavy (non-hydrogen) atoms. The number of nitrogens with one attached hydrogen (secondary N) is 3. The minimum atomic E-state index is -4.82. The molecule has 2 amide bonds. The normalized spacial score (nSPS) is 20.1. The lowest BCUT2D eigenvalue weighted by molar-refractivity contribution is -0.218. The zero-order chi connectivity index (χ0) is 40.4. The number of nitrogens with zero attached hydrogens (tertiary/aromatic N) is 7. The van der Waals surface area contributed by atoms with Crippen molar-refractivity contribution in [2.24, 2.45) is 5.41 Å². The molecule has 1 aliphatic heterocycles. The van der Waals surface area contributed by atoms with Gasteiger partial charge >= 0.3 is 18.8 Å². The summed E-state index contributed by atoms with van der Waals surface area (Å²) in [7, 11) is 0. The molecule has 0 spiro atoms. The van der Waals surface area contributed by atoms with Crippen molar-refractivity contribution in [2.75, 3.05) is 6.61 Å². The molecule has 7 rings (SSSR count). The predicted octanol–water partition coefficient (Wildman–Crippen LogP) is 7.39. The second kappa shape index (κ2) is 14.0. The minimum absolute atomic E-state index is 0.0101. The quantitative estimate of drug-likeness (QED) is 0.118. The molecule has 2 saturated carbocycles. The highest BCUT2D eigenvalue weighted by atomic mass is 35.5. The first-order chi connectivity index (χ1) is 26.4. The fraction of sp³-hybridized carbons (Fsp3) is 0.457. The van der Waals surface area contributed by atoms with Gasteiger partial charge in [0.05, 0.1) is 28.7 Å². The van der Waals surface area contributed by atoms with Crippen molar-refractivity contribution in [1.29, 1.82) is 5.41 Å². The second-order valence-corrected chi connectivity index (χ2v) is 15.1. The Balaban J connectivity index is 1.29. The van der Waals surface area contributed by atoms with Gasteiger partial charge in [0.1, 0.15) is 29.7 Å². The van der Waals surface area contributed by atoms with Crippen LogP contribution in [0.2, 0.25) is 5.02 Å². The van der Waals surface area contributed by atoms with E-state index in [2.05, 4.69) is 30.9 Å². The molecular formula is C35H34ClF7N10O3. The molecule has 4 aromatic rings. The van der Waals surface area contributed by atoms with E-state index >= 15 is 0 Å². The van der Waals surface area contributed by atoms with Crippen LogP contribution in [0.5, 0.6) is 0 Å². The van der Waals surface area contributed by atoms with Gasteiger partial charge in [-0.3, -0.25) is 15.1 Å². The van der Waals surface area contributed by atoms with Gasteiger partial charge in [-0.25, -0.2) is 18.6 Å². The van der Waals surface area contributed by atoms with Crippen molar-refractivity contribution in [1.82, 2.24) is 45.3 Å². The summed E-state index contributed by atoms with van der Waals surface area (Å²) in [5.74, 6) is -2.15. The minimum Gasteiger partial charge on any atom is -0.447 e. The van der Waals surface area contributed by atoms with Gasteiger partial charge in [-0.1, -0.05) is 55.8 Å². The zero-order valence-corrected chi connectivity index (χ0v) is 30.4. The van der Waals surface area contributed by atoms with Crippen molar-refractivity contribution in [3.8, 4) is 22.6 Å². The van der Waals surface area contributed by atoms with Gasteiger partial charge in [-0.2, -0.15) is 46.7 Å². The van der Waals surface area contributed by atoms with E-state index in [-0.39, 0.29) is 45.3 Å². The molecule has 2 atom stereocenters. The van der Waals surface area contributed by atoms with Crippen LogP contribution in [0.4, 0.5) is 35.5 Å². The monoisotopic (exact) mass is 810 g/mol. The fourth-order valence-electron chi connectivity index (χ4n) is 6.67. The summed E-state index contributed by atoms with van der Waals surface area (Å²) >= 11 is 6.40. The van der Waals surface area contributed by atoms with Gasteiger partial charge in [-0.05, 0) is 55.4 Å². The molecule has 2 aliphatic carbocycles. The summed E-state index contributed by atoms with van der Waals surface area (Å²) in [6.07, 6.45) is -5.72. The van der Waals surface area contributed by atoms with Gasteiger partial charge in [0.15, 0.2) is 11.8 Å². The fourth-order valence-corrected chi connectivity index (χ4v) is 6.87. The Hall–Kier alpha value is -5.27. The number of alkyl halides is 7. The van der Waals surface area contributed by atoms with Crippen LogP contribution in [-0.2, 0) is 15.1 Å². The van der Waals surface area contributed by atoms with Crippen LogP contribution in [0, 0.1) is 10.8 Å². The summed E-state index contributed by atoms with van der Waals surface area (Å²) in [4.78, 5) is 34.0. The van der Waals surface area contributed by atoms with Crippen molar-refractivity contribution in [2.45, 2.75) is 88.3 Å². The van der Waals surface area contributed by atoms with Crippen LogP contribution in [0.1, 0.15) is 75.7 Å². The molecule has 21 heteroatoms. The summed E-state index contributed by atoms with van der Waals surface area (Å²) in [6.45, 7) is -2.15. The van der Waals surface area contributed by atoms with Gasteiger partial charge in [0, 0.05) is 11.1 Å². The maximum absolute atomic E-state index is 14.9. The average molecular weight is 811 g/mol. The van der Waals surface area contributed by atoms with Crippen molar-refractivity contribution in [3.63, 3.8) is 0 Å². The molecule has 3 aliphatic rings. The van der Waals surface area contributed by atoms with E-state index in [4.69, 9.17) is 21.7 Å². The number of ether oxygens (including phenoxy) is 1. The molecule has 2 aromatic carbocycles. The summed E-state index contributed by atoms with van der Waals surface area (Å²) in [5.41, 5.74) is -5.57. The van der Waals surface area contributed by atoms with E-state index in [1.165, 1.54) is 30.3 Å². The van der Waals surface area contributed by atoms with Crippen molar-refractivity contribution >= 4 is 29.6 Å². The standard InChI is InChI=1S/C35H34ClF7N10O3/c1-32(2,35(41,42)43)16-34(20-6-3-18(4-7-20)24-14-46-53(50-24)21-8-9-21)28(54)51(30(44)48-34)25(15-56-31(55)49-33(11-12-33)27(37)38)19-5-10-23(36)22(13-19)26-45-17-47-52(26)29(39)40/h3-7,10,13-14,17,21,25,27,29H,8-9,11-12,15-16H2,1-2H3,(H2,44,48)(H,49,55). The number of carbonyl (C=O) groups excluding carboxylic acids is 2. The number of guanidine groups is 1. The number of rotatable bonds is 13. The summed E-state index contributed by atoms with van der Waals surface area (Å²) in [5, 5.41) is 26.0. The Kier molecular flexibility index (Phi) is 9.77. The number of carbonyl (C=O) groups is 2. The molecule has 0 radical (unpaired) electrons. The number of aromatic nitrogens is 6. The second-order valence-electron chi connectivity index (χ2n) is 14.7. The number of amides is 2. The molecule has 3 heterocycles. The highest BCUT2D eigenvalue weighted by Gasteiger charge is 2.60. The Morgan fingerprint density at radius 2 is 1.79 bits per heavy atom. The van der Waals surface area contributed by atoms with E-state index in [1.807, 2.05) is 0 Å². The highest BCUT2D eigenvalue weighted by Crippen LogP contribution is 2.49. The maximum Gasteiger partial charge on any atom is 0.407 e. The lowest BCUT2D eigenvalue weighted by Gasteiger charge is -2.37. The smallest absolute Gasteiger partial charge is 0.407 e. The van der Waals surface area contributed by atoms with Crippen LogP contribution < -0.4 is 10.6 Å². The van der Waals surface area contributed by atoms with Gasteiger partial charge in [-0.15, -0.1) is 0 Å². The predicted molar refractivity (Wildman–Crippen MR) is 184 cm³/mol. The van der Waals surface area contributed by atoms with E-state index in [0.717, 1.165) is 37.9 Å². The topological polar surface area (TPSA) is 156 Å². The first-order valence-corrected chi connectivity index (χ1v) is 17.7.